The molecule has 0 bridgehead atoms. The molecular weight excluding hydrogens is 1370 g/mol. The molecule has 0 N–H and O–H groups in total. The van der Waals surface area contributed by atoms with Crippen LogP contribution in [-0.2, 0) is 5.41 Å². The predicted molar refractivity (Wildman–Crippen MR) is 474 cm³/mol. The molecule has 20 rings (SSSR count). The Hall–Kier alpha value is -14.8. The van der Waals surface area contributed by atoms with Crippen molar-refractivity contribution >= 4 is 68.2 Å². The van der Waals surface area contributed by atoms with Crippen LogP contribution in [0, 0.1) is 0 Å². The topological polar surface area (TPSA) is 13.0 Å². The molecule has 0 atom stereocenters. The van der Waals surface area contributed by atoms with Gasteiger partial charge in [-0.3, -0.25) is 0 Å². The van der Waals surface area contributed by atoms with Crippen LogP contribution in [0.2, 0.25) is 0 Å². The van der Waals surface area contributed by atoms with Gasteiger partial charge < -0.3 is 19.6 Å². The fourth-order valence-electron chi connectivity index (χ4n) is 17.4. The number of hydrogen-bond acceptors (Lipinski definition) is 4. The Morgan fingerprint density at radius 3 is 0.566 bits per heavy atom. The van der Waals surface area contributed by atoms with Gasteiger partial charge in [-0.15, -0.1) is 0 Å². The van der Waals surface area contributed by atoms with Gasteiger partial charge in [-0.25, -0.2) is 0 Å². The van der Waals surface area contributed by atoms with E-state index in [1.807, 2.05) is 0 Å². The van der Waals surface area contributed by atoms with E-state index in [0.29, 0.717) is 0 Å². The normalized spacial score (nSPS) is 12.0. The molecule has 2 aliphatic rings. The molecule has 0 amide bonds. The Morgan fingerprint density at radius 1 is 0.115 bits per heavy atom. The van der Waals surface area contributed by atoms with Gasteiger partial charge in [0.1, 0.15) is 0 Å². The van der Waals surface area contributed by atoms with Crippen LogP contribution >= 0.6 is 0 Å². The lowest BCUT2D eigenvalue weighted by atomic mass is 9.70. The van der Waals surface area contributed by atoms with E-state index in [4.69, 9.17) is 0 Å². The molecule has 0 fully saturated rings. The van der Waals surface area contributed by atoms with Crippen LogP contribution in [0.3, 0.4) is 0 Å². The van der Waals surface area contributed by atoms with Crippen LogP contribution < -0.4 is 19.6 Å². The Bertz CT molecular complexity index is 5730. The van der Waals surface area contributed by atoms with Crippen molar-refractivity contribution in [2.75, 3.05) is 19.6 Å². The van der Waals surface area contributed by atoms with Crippen molar-refractivity contribution in [3.8, 4) is 89.0 Å². The molecule has 0 aliphatic heterocycles. The van der Waals surface area contributed by atoms with E-state index in [2.05, 4.69) is 481 Å². The Kier molecular flexibility index (Phi) is 17.5. The van der Waals surface area contributed by atoms with Crippen molar-refractivity contribution in [1.82, 2.24) is 0 Å². The maximum atomic E-state index is 2.54. The van der Waals surface area contributed by atoms with Crippen molar-refractivity contribution in [3.63, 3.8) is 0 Å². The third-order valence-corrected chi connectivity index (χ3v) is 22.6. The quantitative estimate of drug-likeness (QED) is 0.0849. The minimum atomic E-state index is -0.731. The predicted octanol–water partition coefficient (Wildman–Crippen LogP) is 29.9. The van der Waals surface area contributed by atoms with Gasteiger partial charge in [-0.05, 0) is 257 Å². The average Bonchev–Trinajstić information content (AvgIpc) is 1.51. The lowest BCUT2D eigenvalue weighted by Crippen LogP contribution is -2.26. The van der Waals surface area contributed by atoms with Crippen LogP contribution in [0.15, 0.2) is 461 Å². The van der Waals surface area contributed by atoms with Crippen LogP contribution in [-0.4, -0.2) is 0 Å². The van der Waals surface area contributed by atoms with Gasteiger partial charge in [0, 0.05) is 68.2 Å². The summed E-state index contributed by atoms with van der Waals surface area (Å²) in [5.74, 6) is 0. The van der Waals surface area contributed by atoms with Gasteiger partial charge in [0.05, 0.1) is 5.41 Å². The molecule has 0 saturated carbocycles. The van der Waals surface area contributed by atoms with E-state index in [1.165, 1.54) is 66.8 Å². The molecule has 18 aromatic rings. The number of anilines is 12. The van der Waals surface area contributed by atoms with Gasteiger partial charge in [0.2, 0.25) is 0 Å². The van der Waals surface area contributed by atoms with E-state index < -0.39 is 5.41 Å². The number of benzene rings is 18. The maximum absolute atomic E-state index is 2.54. The molecular formula is C109H76N4. The first kappa shape index (κ1) is 67.5. The number of hydrogen-bond donors (Lipinski definition) is 0. The van der Waals surface area contributed by atoms with E-state index in [0.717, 1.165) is 113 Å². The summed E-state index contributed by atoms with van der Waals surface area (Å²) >= 11 is 0. The molecule has 0 aromatic heterocycles. The Labute approximate surface area is 661 Å². The van der Waals surface area contributed by atoms with E-state index in [-0.39, 0.29) is 0 Å². The minimum Gasteiger partial charge on any atom is -0.310 e. The maximum Gasteiger partial charge on any atom is 0.0725 e. The van der Waals surface area contributed by atoms with E-state index in [1.54, 1.807) is 0 Å². The lowest BCUT2D eigenvalue weighted by molar-refractivity contribution is 0.794. The fraction of sp³-hybridized carbons (Fsp3) is 0.00917. The van der Waals surface area contributed by atoms with Crippen LogP contribution in [0.1, 0.15) is 22.3 Å². The number of nitrogens with zero attached hydrogens (tertiary/aromatic N) is 4. The summed E-state index contributed by atoms with van der Waals surface area (Å²) in [5, 5.41) is 0. The first-order chi connectivity index (χ1) is 56.0. The summed E-state index contributed by atoms with van der Waals surface area (Å²) in [6.45, 7) is 0. The molecule has 532 valence electrons. The first-order valence-electron chi connectivity index (χ1n) is 38.8. The average molecular weight is 1440 g/mol. The zero-order valence-corrected chi connectivity index (χ0v) is 62.2. The second kappa shape index (κ2) is 29.3. The van der Waals surface area contributed by atoms with Gasteiger partial charge in [-0.2, -0.15) is 0 Å². The molecule has 1 spiro atoms. The van der Waals surface area contributed by atoms with Crippen LogP contribution in [0.25, 0.3) is 89.0 Å². The summed E-state index contributed by atoms with van der Waals surface area (Å²) < 4.78 is 0. The first-order valence-corrected chi connectivity index (χ1v) is 38.8. The summed E-state index contributed by atoms with van der Waals surface area (Å²) in [4.78, 5) is 9.67. The highest BCUT2D eigenvalue weighted by molar-refractivity contribution is 5.99. The minimum absolute atomic E-state index is 0.731. The summed E-state index contributed by atoms with van der Waals surface area (Å²) in [6, 6.07) is 170. The smallest absolute Gasteiger partial charge is 0.0725 e. The van der Waals surface area contributed by atoms with Crippen molar-refractivity contribution in [2.45, 2.75) is 5.41 Å². The zero-order chi connectivity index (χ0) is 75.0. The monoisotopic (exact) mass is 1440 g/mol. The van der Waals surface area contributed by atoms with Gasteiger partial charge >= 0.3 is 0 Å². The summed E-state index contributed by atoms with van der Waals surface area (Å²) in [6.07, 6.45) is 0. The van der Waals surface area contributed by atoms with Crippen molar-refractivity contribution in [3.05, 3.63) is 483 Å². The lowest BCUT2D eigenvalue weighted by Gasteiger charge is -2.32. The summed E-state index contributed by atoms with van der Waals surface area (Å²) in [7, 11) is 0. The molecule has 0 radical (unpaired) electrons. The fourth-order valence-corrected chi connectivity index (χ4v) is 17.4. The van der Waals surface area contributed by atoms with Crippen LogP contribution in [0.4, 0.5) is 68.2 Å². The number of fused-ring (bicyclic) bond motifs is 10. The number of rotatable bonds is 18. The van der Waals surface area contributed by atoms with Crippen LogP contribution in [0.5, 0.6) is 0 Å². The third-order valence-electron chi connectivity index (χ3n) is 22.6. The van der Waals surface area contributed by atoms with Crippen molar-refractivity contribution in [1.29, 1.82) is 0 Å². The molecule has 18 aromatic carbocycles. The second-order valence-corrected chi connectivity index (χ2v) is 29.2. The molecule has 4 nitrogen and oxygen atoms in total. The van der Waals surface area contributed by atoms with E-state index >= 15 is 0 Å². The van der Waals surface area contributed by atoms with E-state index in [9.17, 15) is 0 Å². The van der Waals surface area contributed by atoms with Gasteiger partial charge in [-0.1, -0.05) is 315 Å². The van der Waals surface area contributed by atoms with Crippen molar-refractivity contribution < 1.29 is 0 Å². The molecule has 0 heterocycles. The van der Waals surface area contributed by atoms with Gasteiger partial charge in [0.25, 0.3) is 0 Å². The Balaban J connectivity index is 0.794. The molecule has 2 aliphatic carbocycles. The summed E-state index contributed by atoms with van der Waals surface area (Å²) in [5.41, 5.74) is 35.4. The Morgan fingerprint density at radius 2 is 0.310 bits per heavy atom. The highest BCUT2D eigenvalue weighted by atomic mass is 15.2. The molecule has 0 saturated heterocycles. The third kappa shape index (κ3) is 12.5. The second-order valence-electron chi connectivity index (χ2n) is 29.2. The van der Waals surface area contributed by atoms with Crippen molar-refractivity contribution in [2.24, 2.45) is 0 Å². The largest absolute Gasteiger partial charge is 0.310 e. The highest BCUT2D eigenvalue weighted by Crippen LogP contribution is 2.64. The molecule has 113 heavy (non-hydrogen) atoms. The number of para-hydroxylation sites is 4. The highest BCUT2D eigenvalue weighted by Gasteiger charge is 2.52. The molecule has 4 heteroatoms. The SMILES string of the molecule is c1ccc(-c2ccc(N(c3ccccc3)c3cc(-c4ccc5c(c4)C4(c6ccccc6-5)c5ccccc5-c5ccc(-c6cc(N(c7ccccc7)c7ccc(-c8ccccc8)cc7)cc(N(c7ccccc7)c7ccc(-c8ccccc8)cc7)c6)cc54)cc(N(c4ccccc4)c4ccc(-c5ccccc5)cc4)c3)cc2)cc1. The van der Waals surface area contributed by atoms with Gasteiger partial charge in [0.15, 0.2) is 0 Å². The molecule has 0 unspecified atom stereocenters. The standard InChI is InChI=1S/C109H76N4/c1-9-29-77(30-10-1)81-49-59-93(60-50-81)110(89-37-17-5-18-38-89)97-69-87(70-98(75-97)111(90-39-19-6-20-40-90)94-61-51-82(52-62-94)78-31-11-2-12-32-78)85-57-67-103-101-45-25-27-47-105(101)109(107(103)73-85)106-48-28-26-46-102(106)104-68-58-86(74-108(104)109)88-71-99(112(91-41-21-7-22-42-91)95-63-53-83(54-64-95)79-33-13-3-14-34-79)76-100(72-88)113(92-43-23-8-24-44-92)96-65-55-84(56-66-96)80-35-15-4-16-36-80/h1-76H. The zero-order valence-electron chi connectivity index (χ0n) is 62.2.